The van der Waals surface area contributed by atoms with E-state index >= 15 is 0 Å². The van der Waals surface area contributed by atoms with Gasteiger partial charge in [0.1, 0.15) is 0 Å². The summed E-state index contributed by atoms with van der Waals surface area (Å²) in [6, 6.07) is 0.366. The summed E-state index contributed by atoms with van der Waals surface area (Å²) in [6.07, 6.45) is 3.39. The molecule has 15 heavy (non-hydrogen) atoms. The zero-order chi connectivity index (χ0) is 9.10. The van der Waals surface area contributed by atoms with Crippen LogP contribution in [0, 0.1) is 5.82 Å². The number of rotatable bonds is 2. The zero-order valence-electron chi connectivity index (χ0n) is 7.94. The number of hydrogen-bond acceptors (Lipinski definition) is 4. The van der Waals surface area contributed by atoms with Crippen molar-refractivity contribution in [3.8, 4) is 0 Å². The fourth-order valence-electron chi connectivity index (χ4n) is 1.35. The second-order valence-corrected chi connectivity index (χ2v) is 3.06. The predicted octanol–water partition coefficient (Wildman–Crippen LogP) is 1.23. The van der Waals surface area contributed by atoms with Gasteiger partial charge in [0.25, 0.3) is 0 Å². The van der Waals surface area contributed by atoms with Gasteiger partial charge in [-0.25, -0.2) is 14.4 Å². The summed E-state index contributed by atoms with van der Waals surface area (Å²) in [4.78, 5) is 7.63. The van der Waals surface area contributed by atoms with Crippen LogP contribution in [0.15, 0.2) is 12.4 Å². The van der Waals surface area contributed by atoms with E-state index in [2.05, 4.69) is 20.6 Å². The number of hydrogen-bond donors (Lipinski definition) is 2. The zero-order valence-corrected chi connectivity index (χ0v) is 9.58. The molecule has 0 radical (unpaired) electrons. The summed E-state index contributed by atoms with van der Waals surface area (Å²) >= 11 is 0. The molecule has 0 bridgehead atoms. The van der Waals surface area contributed by atoms with Crippen LogP contribution < -0.4 is 10.6 Å². The van der Waals surface area contributed by atoms with E-state index in [-0.39, 0.29) is 24.8 Å². The van der Waals surface area contributed by atoms with E-state index in [1.807, 2.05) is 0 Å². The van der Waals surface area contributed by atoms with Gasteiger partial charge in [-0.05, 0) is 13.0 Å². The Balaban J connectivity index is 0.000000980. The monoisotopic (exact) mass is 254 g/mol. The lowest BCUT2D eigenvalue weighted by molar-refractivity contribution is 0.613. The Morgan fingerprint density at radius 3 is 2.53 bits per heavy atom. The highest BCUT2D eigenvalue weighted by Crippen LogP contribution is 2.05. The molecule has 4 nitrogen and oxygen atoms in total. The lowest BCUT2D eigenvalue weighted by atomic mass is 10.3. The lowest BCUT2D eigenvalue weighted by Crippen LogP contribution is -2.23. The van der Waals surface area contributed by atoms with Crippen molar-refractivity contribution in [3.63, 3.8) is 0 Å². The van der Waals surface area contributed by atoms with E-state index in [0.717, 1.165) is 31.9 Å². The molecule has 1 fully saturated rings. The summed E-state index contributed by atoms with van der Waals surface area (Å²) in [5.74, 6) is 0.0881. The predicted molar refractivity (Wildman–Crippen MR) is 61.4 cm³/mol. The van der Waals surface area contributed by atoms with Crippen LogP contribution in [0.4, 0.5) is 10.3 Å². The summed E-state index contributed by atoms with van der Waals surface area (Å²) in [5.41, 5.74) is 0. The van der Waals surface area contributed by atoms with Crippen molar-refractivity contribution in [1.82, 2.24) is 15.3 Å². The summed E-state index contributed by atoms with van der Waals surface area (Å²) in [7, 11) is 0. The van der Waals surface area contributed by atoms with Crippen molar-refractivity contribution < 1.29 is 4.39 Å². The normalized spacial score (nSPS) is 18.9. The maximum Gasteiger partial charge on any atom is 0.223 e. The van der Waals surface area contributed by atoms with Crippen LogP contribution in [0.3, 0.4) is 0 Å². The minimum Gasteiger partial charge on any atom is -0.350 e. The molecule has 1 aromatic rings. The van der Waals surface area contributed by atoms with Gasteiger partial charge in [-0.1, -0.05) is 0 Å². The summed E-state index contributed by atoms with van der Waals surface area (Å²) in [5, 5.41) is 6.33. The van der Waals surface area contributed by atoms with Crippen molar-refractivity contribution in [2.24, 2.45) is 0 Å². The Labute approximate surface area is 99.9 Å². The van der Waals surface area contributed by atoms with Crippen LogP contribution in [-0.2, 0) is 0 Å². The van der Waals surface area contributed by atoms with Gasteiger partial charge < -0.3 is 10.6 Å². The van der Waals surface area contributed by atoms with Crippen LogP contribution in [0.2, 0.25) is 0 Å². The third kappa shape index (κ3) is 4.15. The number of anilines is 1. The van der Waals surface area contributed by atoms with E-state index < -0.39 is 5.82 Å². The molecule has 0 aromatic carbocycles. The van der Waals surface area contributed by atoms with Crippen molar-refractivity contribution in [3.05, 3.63) is 18.2 Å². The molecule has 1 atom stereocenters. The first kappa shape index (κ1) is 14.3. The molecular weight excluding hydrogens is 242 g/mol. The van der Waals surface area contributed by atoms with Crippen LogP contribution in [0.1, 0.15) is 6.42 Å². The maximum atomic E-state index is 12.4. The minimum absolute atomic E-state index is 0. The average Bonchev–Trinajstić information content (AvgIpc) is 2.62. The second-order valence-electron chi connectivity index (χ2n) is 3.06. The number of nitrogens with one attached hydrogen (secondary N) is 2. The van der Waals surface area contributed by atoms with E-state index in [1.54, 1.807) is 0 Å². The quantitative estimate of drug-likeness (QED) is 0.834. The van der Waals surface area contributed by atoms with Gasteiger partial charge in [0.15, 0.2) is 5.82 Å². The molecule has 1 unspecified atom stereocenters. The fraction of sp³-hybridized carbons (Fsp3) is 0.500. The van der Waals surface area contributed by atoms with Crippen molar-refractivity contribution >= 4 is 30.8 Å². The van der Waals surface area contributed by atoms with Gasteiger partial charge >= 0.3 is 0 Å². The number of nitrogens with zero attached hydrogens (tertiary/aromatic N) is 2. The van der Waals surface area contributed by atoms with Gasteiger partial charge in [0.05, 0.1) is 12.4 Å². The van der Waals surface area contributed by atoms with Crippen LogP contribution in [0.5, 0.6) is 0 Å². The Bertz CT molecular complexity index is 276. The molecule has 2 heterocycles. The van der Waals surface area contributed by atoms with Gasteiger partial charge in [0.2, 0.25) is 5.95 Å². The molecule has 0 amide bonds. The average molecular weight is 255 g/mol. The third-order valence-corrected chi connectivity index (χ3v) is 2.01. The second kappa shape index (κ2) is 6.76. The first-order valence-corrected chi connectivity index (χ1v) is 4.29. The highest BCUT2D eigenvalue weighted by molar-refractivity contribution is 5.85. The molecular formula is C8H13Cl2FN4. The van der Waals surface area contributed by atoms with Gasteiger partial charge in [0, 0.05) is 12.6 Å². The smallest absolute Gasteiger partial charge is 0.223 e. The number of halogens is 3. The largest absolute Gasteiger partial charge is 0.350 e. The Morgan fingerprint density at radius 1 is 1.33 bits per heavy atom. The molecule has 0 aliphatic carbocycles. The fourth-order valence-corrected chi connectivity index (χ4v) is 1.35. The molecule has 2 rings (SSSR count). The van der Waals surface area contributed by atoms with E-state index in [9.17, 15) is 4.39 Å². The first-order valence-electron chi connectivity index (χ1n) is 4.29. The van der Waals surface area contributed by atoms with Gasteiger partial charge in [-0.15, -0.1) is 24.8 Å². The molecule has 86 valence electrons. The molecule has 1 aliphatic heterocycles. The molecule has 1 saturated heterocycles. The highest BCUT2D eigenvalue weighted by atomic mass is 35.5. The molecule has 1 aliphatic rings. The standard InChI is InChI=1S/C8H11FN4.2ClH/c9-6-3-11-8(12-4-6)13-7-1-2-10-5-7;;/h3-4,7,10H,1-2,5H2,(H,11,12,13);2*1H. The lowest BCUT2D eigenvalue weighted by Gasteiger charge is -2.09. The van der Waals surface area contributed by atoms with E-state index in [1.165, 1.54) is 0 Å². The Kier molecular flexibility index (Phi) is 6.47. The molecule has 1 aromatic heterocycles. The van der Waals surface area contributed by atoms with Gasteiger partial charge in [-0.2, -0.15) is 0 Å². The molecule has 0 saturated carbocycles. The molecule has 0 spiro atoms. The van der Waals surface area contributed by atoms with E-state index in [4.69, 9.17) is 0 Å². The third-order valence-electron chi connectivity index (χ3n) is 2.01. The highest BCUT2D eigenvalue weighted by Gasteiger charge is 2.14. The summed E-state index contributed by atoms with van der Waals surface area (Å²) in [6.45, 7) is 1.93. The van der Waals surface area contributed by atoms with Gasteiger partial charge in [-0.3, -0.25) is 0 Å². The first-order chi connectivity index (χ1) is 6.34. The minimum atomic E-state index is -0.407. The van der Waals surface area contributed by atoms with Crippen LogP contribution in [0.25, 0.3) is 0 Å². The molecule has 2 N–H and O–H groups in total. The topological polar surface area (TPSA) is 49.8 Å². The Hall–Kier alpha value is -0.650. The SMILES string of the molecule is Cl.Cl.Fc1cnc(NC2CCNC2)nc1. The van der Waals surface area contributed by atoms with Crippen molar-refractivity contribution in [2.75, 3.05) is 18.4 Å². The van der Waals surface area contributed by atoms with Crippen LogP contribution in [-0.4, -0.2) is 29.1 Å². The van der Waals surface area contributed by atoms with Crippen molar-refractivity contribution in [2.45, 2.75) is 12.5 Å². The number of aromatic nitrogens is 2. The van der Waals surface area contributed by atoms with Crippen LogP contribution >= 0.6 is 24.8 Å². The van der Waals surface area contributed by atoms with E-state index in [0.29, 0.717) is 12.0 Å². The summed E-state index contributed by atoms with van der Waals surface area (Å²) < 4.78 is 12.4. The van der Waals surface area contributed by atoms with Crippen molar-refractivity contribution in [1.29, 1.82) is 0 Å². The Morgan fingerprint density at radius 2 is 2.00 bits per heavy atom. The maximum absolute atomic E-state index is 12.4. The molecule has 7 heteroatoms.